The van der Waals surface area contributed by atoms with Crippen LogP contribution in [0.1, 0.15) is 22.3 Å². The molecule has 0 spiro atoms. The van der Waals surface area contributed by atoms with Crippen molar-refractivity contribution in [2.75, 3.05) is 13.6 Å². The van der Waals surface area contributed by atoms with Crippen LogP contribution in [-0.4, -0.2) is 52.7 Å². The molecule has 3 N–H and O–H groups in total. The van der Waals surface area contributed by atoms with Gasteiger partial charge in [-0.25, -0.2) is 4.79 Å². The maximum absolute atomic E-state index is 12.0. The number of rotatable bonds is 4. The van der Waals surface area contributed by atoms with Crippen LogP contribution in [0.3, 0.4) is 0 Å². The highest BCUT2D eigenvalue weighted by atomic mass is 16.4. The van der Waals surface area contributed by atoms with Crippen molar-refractivity contribution in [3.8, 4) is 0 Å². The zero-order valence-electron chi connectivity index (χ0n) is 11.2. The van der Waals surface area contributed by atoms with Crippen molar-refractivity contribution in [3.05, 3.63) is 35.4 Å². The van der Waals surface area contributed by atoms with Crippen molar-refractivity contribution < 1.29 is 19.8 Å². The molecule has 1 aromatic rings. The Labute approximate surface area is 117 Å². The lowest BCUT2D eigenvalue weighted by Gasteiger charge is -2.18. The molecule has 1 aliphatic heterocycles. The second kappa shape index (κ2) is 6.02. The number of likely N-dealkylation sites (tertiary alicyclic amines) is 1. The molecule has 1 aliphatic rings. The fourth-order valence-corrected chi connectivity index (χ4v) is 2.35. The van der Waals surface area contributed by atoms with Crippen LogP contribution in [0.4, 0.5) is 0 Å². The van der Waals surface area contributed by atoms with Gasteiger partial charge in [0.2, 0.25) is 5.91 Å². The second-order valence-corrected chi connectivity index (χ2v) is 5.06. The number of amides is 1. The smallest absolute Gasteiger partial charge is 0.335 e. The van der Waals surface area contributed by atoms with Crippen LogP contribution in [0.25, 0.3) is 0 Å². The highest BCUT2D eigenvalue weighted by Gasteiger charge is 2.33. The summed E-state index contributed by atoms with van der Waals surface area (Å²) < 4.78 is 0. The summed E-state index contributed by atoms with van der Waals surface area (Å²) in [5, 5.41) is 21.1. The van der Waals surface area contributed by atoms with E-state index in [2.05, 4.69) is 5.32 Å². The molecule has 108 valence electrons. The highest BCUT2D eigenvalue weighted by molar-refractivity contribution is 5.87. The minimum absolute atomic E-state index is 0.119. The number of carboxylic acids is 1. The third-order valence-electron chi connectivity index (χ3n) is 3.50. The standard InChI is InChI=1S/C14H18N2O4/c1-16-8-11(17)6-12(16)13(18)15-7-9-2-4-10(5-3-9)14(19)20/h2-5,11-12,17H,6-8H2,1H3,(H,15,18)(H,19,20)/t11-,12?/m1/s1. The number of aliphatic hydroxyl groups excluding tert-OH is 1. The molecule has 6 nitrogen and oxygen atoms in total. The molecule has 2 atom stereocenters. The number of aromatic carboxylic acids is 1. The van der Waals surface area contributed by atoms with Crippen LogP contribution < -0.4 is 5.32 Å². The number of hydrogen-bond acceptors (Lipinski definition) is 4. The maximum Gasteiger partial charge on any atom is 0.335 e. The Balaban J connectivity index is 1.88. The van der Waals surface area contributed by atoms with Gasteiger partial charge in [-0.05, 0) is 31.2 Å². The molecule has 1 fully saturated rings. The zero-order chi connectivity index (χ0) is 14.7. The van der Waals surface area contributed by atoms with Gasteiger partial charge in [0.15, 0.2) is 0 Å². The summed E-state index contributed by atoms with van der Waals surface area (Å²) in [6, 6.07) is 6.07. The van der Waals surface area contributed by atoms with Gasteiger partial charge in [-0.1, -0.05) is 12.1 Å². The lowest BCUT2D eigenvalue weighted by molar-refractivity contribution is -0.125. The third kappa shape index (κ3) is 3.34. The summed E-state index contributed by atoms with van der Waals surface area (Å²) in [5.74, 6) is -1.09. The van der Waals surface area contributed by atoms with Crippen LogP contribution in [0.2, 0.25) is 0 Å². The molecule has 1 aromatic carbocycles. The van der Waals surface area contributed by atoms with Gasteiger partial charge in [-0.3, -0.25) is 9.69 Å². The molecule has 0 saturated carbocycles. The number of β-amino-alcohol motifs (C(OH)–C–C–N with tert-alkyl or cyclic N) is 1. The normalized spacial score (nSPS) is 22.7. The molecular weight excluding hydrogens is 260 g/mol. The van der Waals surface area contributed by atoms with E-state index in [-0.39, 0.29) is 17.5 Å². The minimum Gasteiger partial charge on any atom is -0.478 e. The number of carbonyl (C=O) groups excluding carboxylic acids is 1. The summed E-state index contributed by atoms with van der Waals surface area (Å²) in [5.41, 5.74) is 1.06. The number of aliphatic hydroxyl groups is 1. The number of likely N-dealkylation sites (N-methyl/N-ethyl adjacent to an activating group) is 1. The Morgan fingerprint density at radius 3 is 2.50 bits per heavy atom. The first kappa shape index (κ1) is 14.5. The van der Waals surface area contributed by atoms with Gasteiger partial charge >= 0.3 is 5.97 Å². The van der Waals surface area contributed by atoms with Crippen LogP contribution in [0.15, 0.2) is 24.3 Å². The number of carboxylic acid groups (broad SMARTS) is 1. The number of carbonyl (C=O) groups is 2. The molecule has 0 radical (unpaired) electrons. The van der Waals surface area contributed by atoms with Crippen molar-refractivity contribution in [1.82, 2.24) is 10.2 Å². The quantitative estimate of drug-likeness (QED) is 0.725. The molecule has 6 heteroatoms. The van der Waals surface area contributed by atoms with E-state index in [9.17, 15) is 14.7 Å². The average Bonchev–Trinajstić information content (AvgIpc) is 2.75. The predicted molar refractivity (Wildman–Crippen MR) is 72.3 cm³/mol. The fourth-order valence-electron chi connectivity index (χ4n) is 2.35. The summed E-state index contributed by atoms with van der Waals surface area (Å²) in [6.45, 7) is 0.852. The van der Waals surface area contributed by atoms with Crippen LogP contribution in [0.5, 0.6) is 0 Å². The average molecular weight is 278 g/mol. The van der Waals surface area contributed by atoms with E-state index in [0.29, 0.717) is 19.5 Å². The molecule has 1 unspecified atom stereocenters. The summed E-state index contributed by atoms with van der Waals surface area (Å²) in [6.07, 6.45) is -0.00842. The lowest BCUT2D eigenvalue weighted by Crippen LogP contribution is -2.41. The molecular formula is C14H18N2O4. The fraction of sp³-hybridized carbons (Fsp3) is 0.429. The molecule has 0 aliphatic carbocycles. The van der Waals surface area contributed by atoms with Gasteiger partial charge in [0.25, 0.3) is 0 Å². The van der Waals surface area contributed by atoms with Crippen LogP contribution >= 0.6 is 0 Å². The highest BCUT2D eigenvalue weighted by Crippen LogP contribution is 2.15. The number of hydrogen-bond donors (Lipinski definition) is 3. The van der Waals surface area contributed by atoms with Gasteiger partial charge in [-0.15, -0.1) is 0 Å². The van der Waals surface area contributed by atoms with Gasteiger partial charge in [0, 0.05) is 13.1 Å². The van der Waals surface area contributed by atoms with E-state index >= 15 is 0 Å². The van der Waals surface area contributed by atoms with E-state index in [1.165, 1.54) is 12.1 Å². The van der Waals surface area contributed by atoms with Crippen molar-refractivity contribution >= 4 is 11.9 Å². The summed E-state index contributed by atoms with van der Waals surface area (Å²) >= 11 is 0. The molecule has 2 rings (SSSR count). The SMILES string of the molecule is CN1C[C@H](O)CC1C(=O)NCc1ccc(C(=O)O)cc1. The van der Waals surface area contributed by atoms with Crippen LogP contribution in [0, 0.1) is 0 Å². The van der Waals surface area contributed by atoms with Gasteiger partial charge in [-0.2, -0.15) is 0 Å². The van der Waals surface area contributed by atoms with E-state index in [0.717, 1.165) is 5.56 Å². The van der Waals surface area contributed by atoms with Crippen molar-refractivity contribution in [3.63, 3.8) is 0 Å². The molecule has 1 heterocycles. The topological polar surface area (TPSA) is 89.9 Å². The molecule has 0 bridgehead atoms. The summed E-state index contributed by atoms with van der Waals surface area (Å²) in [4.78, 5) is 24.5. The minimum atomic E-state index is -0.970. The second-order valence-electron chi connectivity index (χ2n) is 5.06. The maximum atomic E-state index is 12.0. The van der Waals surface area contributed by atoms with E-state index in [1.807, 2.05) is 11.9 Å². The molecule has 1 saturated heterocycles. The van der Waals surface area contributed by atoms with Crippen LogP contribution in [-0.2, 0) is 11.3 Å². The Bertz CT molecular complexity index is 500. The Morgan fingerprint density at radius 2 is 2.00 bits per heavy atom. The zero-order valence-corrected chi connectivity index (χ0v) is 11.2. The van der Waals surface area contributed by atoms with Gasteiger partial charge < -0.3 is 15.5 Å². The Kier molecular flexibility index (Phi) is 4.36. The molecule has 1 amide bonds. The lowest BCUT2D eigenvalue weighted by atomic mass is 10.1. The van der Waals surface area contributed by atoms with E-state index in [1.54, 1.807) is 12.1 Å². The largest absolute Gasteiger partial charge is 0.478 e. The monoisotopic (exact) mass is 278 g/mol. The third-order valence-corrected chi connectivity index (χ3v) is 3.50. The molecule has 0 aromatic heterocycles. The van der Waals surface area contributed by atoms with E-state index < -0.39 is 12.1 Å². The van der Waals surface area contributed by atoms with Crippen molar-refractivity contribution in [1.29, 1.82) is 0 Å². The van der Waals surface area contributed by atoms with Gasteiger partial charge in [0.1, 0.15) is 0 Å². The Morgan fingerprint density at radius 1 is 1.35 bits per heavy atom. The summed E-state index contributed by atoms with van der Waals surface area (Å²) in [7, 11) is 1.81. The van der Waals surface area contributed by atoms with Crippen molar-refractivity contribution in [2.24, 2.45) is 0 Å². The first-order valence-electron chi connectivity index (χ1n) is 6.45. The molecule has 20 heavy (non-hydrogen) atoms. The van der Waals surface area contributed by atoms with E-state index in [4.69, 9.17) is 5.11 Å². The first-order chi connectivity index (χ1) is 9.47. The van der Waals surface area contributed by atoms with Gasteiger partial charge in [0.05, 0.1) is 17.7 Å². The van der Waals surface area contributed by atoms with Crippen molar-refractivity contribution in [2.45, 2.75) is 25.1 Å². The predicted octanol–water partition coefficient (Wildman–Crippen LogP) is 0.0660. The Hall–Kier alpha value is -1.92. The number of benzene rings is 1. The number of nitrogens with one attached hydrogen (secondary N) is 1. The first-order valence-corrected chi connectivity index (χ1v) is 6.45. The number of nitrogens with zero attached hydrogens (tertiary/aromatic N) is 1.